The molecular weight excluding hydrogens is 130 g/mol. The summed E-state index contributed by atoms with van der Waals surface area (Å²) in [7, 11) is 0. The summed E-state index contributed by atoms with van der Waals surface area (Å²) in [4.78, 5) is 10.8. The Morgan fingerprint density at radius 2 is 2.50 bits per heavy atom. The zero-order valence-electron chi connectivity index (χ0n) is 6.17. The van der Waals surface area contributed by atoms with Crippen molar-refractivity contribution in [2.24, 2.45) is 11.7 Å². The van der Waals surface area contributed by atoms with Gasteiger partial charge in [-0.1, -0.05) is 0 Å². The summed E-state index contributed by atoms with van der Waals surface area (Å²) in [5.74, 6) is 0.366. The Balaban J connectivity index is 2.50. The molecular formula is C7H13NO2. The maximum Gasteiger partial charge on any atom is 0.158 e. The molecule has 10 heavy (non-hydrogen) atoms. The summed E-state index contributed by atoms with van der Waals surface area (Å²) in [6, 6.07) is 0. The van der Waals surface area contributed by atoms with E-state index in [-0.39, 0.29) is 17.8 Å². The van der Waals surface area contributed by atoms with Crippen molar-refractivity contribution in [3.05, 3.63) is 0 Å². The Hall–Kier alpha value is -0.410. The average molecular weight is 143 g/mol. The Bertz CT molecular complexity index is 136. The van der Waals surface area contributed by atoms with E-state index in [1.54, 1.807) is 6.92 Å². The lowest BCUT2D eigenvalue weighted by molar-refractivity contribution is -0.127. The number of nitrogens with two attached hydrogens (primary N) is 1. The second-order valence-corrected chi connectivity index (χ2v) is 2.69. The van der Waals surface area contributed by atoms with Gasteiger partial charge in [0, 0.05) is 12.5 Å². The first-order valence-corrected chi connectivity index (χ1v) is 3.58. The minimum atomic E-state index is -0.218. The van der Waals surface area contributed by atoms with Crippen LogP contribution in [0.15, 0.2) is 0 Å². The highest BCUT2D eigenvalue weighted by molar-refractivity contribution is 5.81. The second kappa shape index (κ2) is 3.12. The fourth-order valence-electron chi connectivity index (χ4n) is 1.32. The van der Waals surface area contributed by atoms with Gasteiger partial charge in [0.05, 0.1) is 0 Å². The average Bonchev–Trinajstić information content (AvgIpc) is 2.33. The highest BCUT2D eigenvalue weighted by atomic mass is 16.5. The van der Waals surface area contributed by atoms with Gasteiger partial charge in [-0.2, -0.15) is 0 Å². The number of carbonyl (C=O) groups is 1. The molecule has 1 rings (SSSR count). The van der Waals surface area contributed by atoms with Crippen LogP contribution in [0.2, 0.25) is 0 Å². The van der Waals surface area contributed by atoms with Gasteiger partial charge in [0.25, 0.3) is 0 Å². The van der Waals surface area contributed by atoms with E-state index in [1.807, 2.05) is 0 Å². The molecule has 1 aliphatic rings. The minimum Gasteiger partial charge on any atom is -0.370 e. The Morgan fingerprint density at radius 1 is 1.80 bits per heavy atom. The van der Waals surface area contributed by atoms with Gasteiger partial charge in [0.15, 0.2) is 5.78 Å². The first-order chi connectivity index (χ1) is 4.75. The number of ketones is 1. The minimum absolute atomic E-state index is 0.105. The number of carbonyl (C=O) groups excluding carboxylic acids is 1. The number of rotatable bonds is 2. The van der Waals surface area contributed by atoms with Crippen molar-refractivity contribution in [3.63, 3.8) is 0 Å². The summed E-state index contributed by atoms with van der Waals surface area (Å²) in [5, 5.41) is 0. The first-order valence-electron chi connectivity index (χ1n) is 3.58. The number of hydrogen-bond acceptors (Lipinski definition) is 3. The Kier molecular flexibility index (Phi) is 2.40. The second-order valence-electron chi connectivity index (χ2n) is 2.69. The third-order valence-corrected chi connectivity index (χ3v) is 1.92. The van der Waals surface area contributed by atoms with Crippen LogP contribution in [0.5, 0.6) is 0 Å². The zero-order valence-corrected chi connectivity index (χ0v) is 6.17. The highest BCUT2D eigenvalue weighted by Crippen LogP contribution is 2.19. The van der Waals surface area contributed by atoms with Crippen LogP contribution in [0.4, 0.5) is 0 Å². The normalized spacial score (nSPS) is 32.6. The van der Waals surface area contributed by atoms with E-state index in [0.717, 1.165) is 6.42 Å². The van der Waals surface area contributed by atoms with Crippen molar-refractivity contribution in [2.75, 3.05) is 13.2 Å². The van der Waals surface area contributed by atoms with Crippen LogP contribution in [-0.4, -0.2) is 25.0 Å². The molecule has 0 amide bonds. The molecule has 2 N–H and O–H groups in total. The van der Waals surface area contributed by atoms with Crippen LogP contribution >= 0.6 is 0 Å². The monoisotopic (exact) mass is 143 g/mol. The summed E-state index contributed by atoms with van der Waals surface area (Å²) in [5.41, 5.74) is 5.43. The molecule has 0 unspecified atom stereocenters. The van der Waals surface area contributed by atoms with E-state index in [1.165, 1.54) is 0 Å². The SMILES string of the molecule is CC(=O)[C@H]1OCC[C@H]1CN. The molecule has 0 aromatic rings. The molecule has 3 heteroatoms. The molecule has 1 aliphatic heterocycles. The van der Waals surface area contributed by atoms with Crippen LogP contribution in [0, 0.1) is 5.92 Å². The van der Waals surface area contributed by atoms with E-state index in [9.17, 15) is 4.79 Å². The molecule has 3 nitrogen and oxygen atoms in total. The maximum absolute atomic E-state index is 10.8. The zero-order chi connectivity index (χ0) is 7.56. The maximum atomic E-state index is 10.8. The molecule has 1 heterocycles. The van der Waals surface area contributed by atoms with Crippen molar-refractivity contribution in [1.29, 1.82) is 0 Å². The predicted molar refractivity (Wildman–Crippen MR) is 37.6 cm³/mol. The lowest BCUT2D eigenvalue weighted by Gasteiger charge is -2.12. The summed E-state index contributed by atoms with van der Waals surface area (Å²) in [6.07, 6.45) is 0.714. The summed E-state index contributed by atoms with van der Waals surface area (Å²) in [6.45, 7) is 2.80. The predicted octanol–water partition coefficient (Wildman–Crippen LogP) is -0.0608. The van der Waals surface area contributed by atoms with Gasteiger partial charge in [-0.05, 0) is 19.9 Å². The van der Waals surface area contributed by atoms with E-state index >= 15 is 0 Å². The lowest BCUT2D eigenvalue weighted by atomic mass is 9.99. The molecule has 0 saturated carbocycles. The van der Waals surface area contributed by atoms with Gasteiger partial charge < -0.3 is 10.5 Å². The van der Waals surface area contributed by atoms with Crippen LogP contribution < -0.4 is 5.73 Å². The van der Waals surface area contributed by atoms with Crippen molar-refractivity contribution < 1.29 is 9.53 Å². The first kappa shape index (κ1) is 7.69. The fraction of sp³-hybridized carbons (Fsp3) is 0.857. The molecule has 0 aliphatic carbocycles. The van der Waals surface area contributed by atoms with Crippen molar-refractivity contribution in [3.8, 4) is 0 Å². The molecule has 0 spiro atoms. The molecule has 1 fully saturated rings. The van der Waals surface area contributed by atoms with Crippen molar-refractivity contribution in [2.45, 2.75) is 19.4 Å². The van der Waals surface area contributed by atoms with Gasteiger partial charge in [-0.25, -0.2) is 0 Å². The smallest absolute Gasteiger partial charge is 0.158 e. The molecule has 0 radical (unpaired) electrons. The van der Waals surface area contributed by atoms with Gasteiger partial charge >= 0.3 is 0 Å². The quantitative estimate of drug-likeness (QED) is 0.589. The topological polar surface area (TPSA) is 52.3 Å². The Labute approximate surface area is 60.5 Å². The third-order valence-electron chi connectivity index (χ3n) is 1.92. The largest absolute Gasteiger partial charge is 0.370 e. The molecule has 1 saturated heterocycles. The third kappa shape index (κ3) is 1.36. The van der Waals surface area contributed by atoms with Crippen LogP contribution in [0.1, 0.15) is 13.3 Å². The molecule has 2 atom stereocenters. The number of ether oxygens (including phenoxy) is 1. The van der Waals surface area contributed by atoms with Crippen LogP contribution in [0.3, 0.4) is 0 Å². The van der Waals surface area contributed by atoms with Crippen molar-refractivity contribution >= 4 is 5.78 Å². The van der Waals surface area contributed by atoms with Gasteiger partial charge in [0.1, 0.15) is 6.10 Å². The van der Waals surface area contributed by atoms with Gasteiger partial charge in [0.2, 0.25) is 0 Å². The molecule has 0 aromatic carbocycles. The number of hydrogen-bond donors (Lipinski definition) is 1. The van der Waals surface area contributed by atoms with E-state index < -0.39 is 0 Å². The number of Topliss-reactive ketones (excluding diaryl/α,β-unsaturated/α-hetero) is 1. The lowest BCUT2D eigenvalue weighted by Crippen LogP contribution is -2.29. The summed E-state index contributed by atoms with van der Waals surface area (Å²) >= 11 is 0. The summed E-state index contributed by atoms with van der Waals surface area (Å²) < 4.78 is 5.19. The highest BCUT2D eigenvalue weighted by Gasteiger charge is 2.30. The Morgan fingerprint density at radius 3 is 2.90 bits per heavy atom. The van der Waals surface area contributed by atoms with Gasteiger partial charge in [-0.15, -0.1) is 0 Å². The van der Waals surface area contributed by atoms with E-state index in [4.69, 9.17) is 10.5 Å². The van der Waals surface area contributed by atoms with E-state index in [2.05, 4.69) is 0 Å². The standard InChI is InChI=1S/C7H13NO2/c1-5(9)7-6(4-8)2-3-10-7/h6-7H,2-4,8H2,1H3/t6-,7+/m0/s1. The van der Waals surface area contributed by atoms with Crippen LogP contribution in [-0.2, 0) is 9.53 Å². The van der Waals surface area contributed by atoms with Crippen LogP contribution in [0.25, 0.3) is 0 Å². The molecule has 0 bridgehead atoms. The fourth-order valence-corrected chi connectivity index (χ4v) is 1.32. The van der Waals surface area contributed by atoms with Gasteiger partial charge in [-0.3, -0.25) is 4.79 Å². The molecule has 0 aromatic heterocycles. The van der Waals surface area contributed by atoms with Crippen molar-refractivity contribution in [1.82, 2.24) is 0 Å². The van der Waals surface area contributed by atoms with E-state index in [0.29, 0.717) is 13.2 Å². The molecule has 58 valence electrons.